The minimum Gasteiger partial charge on any atom is -0.247 e. The Morgan fingerprint density at radius 3 is 2.08 bits per heavy atom. The number of thiophene rings is 1. The third kappa shape index (κ3) is 3.20. The lowest BCUT2D eigenvalue weighted by atomic mass is 9.78. The van der Waals surface area contributed by atoms with Crippen LogP contribution in [0.1, 0.15) is 36.1 Å². The number of hydrogen-bond donors (Lipinski definition) is 0. The first-order chi connectivity index (χ1) is 18.8. The van der Waals surface area contributed by atoms with Crippen LogP contribution in [0.5, 0.6) is 0 Å². The van der Waals surface area contributed by atoms with E-state index in [9.17, 15) is 0 Å². The van der Waals surface area contributed by atoms with Gasteiger partial charge in [-0.15, -0.1) is 11.3 Å². The van der Waals surface area contributed by atoms with Crippen LogP contribution in [0.4, 0.5) is 0 Å². The van der Waals surface area contributed by atoms with Crippen LogP contribution < -0.4 is 0 Å². The molecule has 180 valence electrons. The lowest BCUT2D eigenvalue weighted by Gasteiger charge is -2.26. The Bertz CT molecular complexity index is 2060. The molecule has 0 spiro atoms. The standard InChI is InChI=1S/C36H25NS/c1-22-19-24(20-30-27-15-6-5-13-25(27)26-14-7-8-17-29(26)34(22)30)32-21-31-28-16-9-10-18-33(28)38-36(31)35(37-32)23-11-3-2-4-12-23/h2-18,20-22H,19H2,1H3. The van der Waals surface area contributed by atoms with Gasteiger partial charge < -0.3 is 0 Å². The molecule has 1 atom stereocenters. The average molecular weight is 504 g/mol. The van der Waals surface area contributed by atoms with E-state index in [2.05, 4.69) is 122 Å². The van der Waals surface area contributed by atoms with Gasteiger partial charge in [0.25, 0.3) is 0 Å². The van der Waals surface area contributed by atoms with E-state index in [-0.39, 0.29) is 0 Å². The summed E-state index contributed by atoms with van der Waals surface area (Å²) in [5.41, 5.74) is 7.49. The van der Waals surface area contributed by atoms with Gasteiger partial charge in [-0.3, -0.25) is 0 Å². The molecule has 2 heteroatoms. The molecule has 0 saturated carbocycles. The van der Waals surface area contributed by atoms with Crippen molar-refractivity contribution in [2.24, 2.45) is 0 Å². The van der Waals surface area contributed by atoms with Gasteiger partial charge in [0.15, 0.2) is 0 Å². The second-order valence-corrected chi connectivity index (χ2v) is 11.4. The van der Waals surface area contributed by atoms with E-state index in [1.165, 1.54) is 64.0 Å². The first-order valence-corrected chi connectivity index (χ1v) is 14.1. The van der Waals surface area contributed by atoms with Crippen molar-refractivity contribution in [1.29, 1.82) is 0 Å². The maximum Gasteiger partial charge on any atom is 0.0887 e. The molecule has 2 aromatic heterocycles. The van der Waals surface area contributed by atoms with E-state index in [1.807, 2.05) is 11.3 Å². The molecule has 0 amide bonds. The number of fused-ring (bicyclic) bond motifs is 9. The first kappa shape index (κ1) is 21.8. The fourth-order valence-corrected chi connectivity index (χ4v) is 7.60. The number of nitrogens with zero attached hydrogens (tertiary/aromatic N) is 1. The SMILES string of the molecule is CC1CC(c2cc3c(sc4ccccc43)c(-c3ccccc3)n2)=Cc2c1c1ccccc1c1ccccc21. The number of benzene rings is 5. The highest BCUT2D eigenvalue weighted by molar-refractivity contribution is 7.26. The summed E-state index contributed by atoms with van der Waals surface area (Å²) in [4.78, 5) is 5.38. The summed E-state index contributed by atoms with van der Waals surface area (Å²) in [7, 11) is 0. The van der Waals surface area contributed by atoms with Crippen molar-refractivity contribution < 1.29 is 0 Å². The van der Waals surface area contributed by atoms with E-state index < -0.39 is 0 Å². The van der Waals surface area contributed by atoms with Crippen molar-refractivity contribution in [1.82, 2.24) is 4.98 Å². The fourth-order valence-electron chi connectivity index (χ4n) is 6.41. The summed E-state index contributed by atoms with van der Waals surface area (Å²) < 4.78 is 2.58. The highest BCUT2D eigenvalue weighted by Crippen LogP contribution is 2.47. The molecule has 2 heterocycles. The molecule has 5 aromatic carbocycles. The van der Waals surface area contributed by atoms with Crippen LogP contribution in [-0.4, -0.2) is 4.98 Å². The van der Waals surface area contributed by atoms with Crippen LogP contribution in [0.2, 0.25) is 0 Å². The molecule has 0 bridgehead atoms. The Balaban J connectivity index is 1.44. The van der Waals surface area contributed by atoms with Gasteiger partial charge in [-0.2, -0.15) is 0 Å². The van der Waals surface area contributed by atoms with E-state index in [1.54, 1.807) is 0 Å². The molecule has 0 N–H and O–H groups in total. The zero-order valence-electron chi connectivity index (χ0n) is 21.1. The predicted molar refractivity (Wildman–Crippen MR) is 165 cm³/mol. The molecule has 1 unspecified atom stereocenters. The minimum atomic E-state index is 0.399. The number of rotatable bonds is 2. The van der Waals surface area contributed by atoms with E-state index in [0.29, 0.717) is 5.92 Å². The van der Waals surface area contributed by atoms with Gasteiger partial charge in [0.05, 0.1) is 16.1 Å². The Morgan fingerprint density at radius 2 is 1.29 bits per heavy atom. The van der Waals surface area contributed by atoms with E-state index >= 15 is 0 Å². The quantitative estimate of drug-likeness (QED) is 0.214. The molecule has 38 heavy (non-hydrogen) atoms. The average Bonchev–Trinajstić information content (AvgIpc) is 3.36. The van der Waals surface area contributed by atoms with Crippen molar-refractivity contribution >= 4 is 64.7 Å². The molecular weight excluding hydrogens is 478 g/mol. The van der Waals surface area contributed by atoms with Crippen molar-refractivity contribution in [2.45, 2.75) is 19.3 Å². The summed E-state index contributed by atoms with van der Waals surface area (Å²) in [5.74, 6) is 0.399. The van der Waals surface area contributed by atoms with Gasteiger partial charge in [0.1, 0.15) is 0 Å². The molecule has 0 fully saturated rings. The van der Waals surface area contributed by atoms with Crippen LogP contribution in [0.15, 0.2) is 109 Å². The maximum absolute atomic E-state index is 5.38. The largest absolute Gasteiger partial charge is 0.247 e. The van der Waals surface area contributed by atoms with Crippen molar-refractivity contribution in [3.05, 3.63) is 126 Å². The van der Waals surface area contributed by atoms with Crippen LogP contribution in [-0.2, 0) is 0 Å². The summed E-state index contributed by atoms with van der Waals surface area (Å²) in [6.07, 6.45) is 3.41. The normalized spacial score (nSPS) is 15.3. The summed E-state index contributed by atoms with van der Waals surface area (Å²) >= 11 is 1.85. The Morgan fingerprint density at radius 1 is 0.658 bits per heavy atom. The minimum absolute atomic E-state index is 0.399. The van der Waals surface area contributed by atoms with Crippen LogP contribution in [0.25, 0.3) is 64.6 Å². The molecule has 0 aliphatic heterocycles. The van der Waals surface area contributed by atoms with Crippen LogP contribution >= 0.6 is 11.3 Å². The smallest absolute Gasteiger partial charge is 0.0887 e. The maximum atomic E-state index is 5.38. The molecule has 0 radical (unpaired) electrons. The van der Waals surface area contributed by atoms with Gasteiger partial charge in [-0.25, -0.2) is 4.98 Å². The predicted octanol–water partition coefficient (Wildman–Crippen LogP) is 10.5. The number of allylic oxidation sites excluding steroid dienone is 1. The highest BCUT2D eigenvalue weighted by Gasteiger charge is 2.25. The number of hydrogen-bond acceptors (Lipinski definition) is 2. The molecule has 1 aliphatic rings. The zero-order valence-corrected chi connectivity index (χ0v) is 21.9. The topological polar surface area (TPSA) is 12.9 Å². The molecule has 0 saturated heterocycles. The molecule has 1 nitrogen and oxygen atoms in total. The molecule has 7 aromatic rings. The molecule has 1 aliphatic carbocycles. The summed E-state index contributed by atoms with van der Waals surface area (Å²) in [6, 6.07) is 39.5. The summed E-state index contributed by atoms with van der Waals surface area (Å²) in [6.45, 7) is 2.38. The first-order valence-electron chi connectivity index (χ1n) is 13.3. The summed E-state index contributed by atoms with van der Waals surface area (Å²) in [5, 5.41) is 7.99. The van der Waals surface area contributed by atoms with E-state index in [4.69, 9.17) is 4.98 Å². The Labute approximate surface area is 225 Å². The van der Waals surface area contributed by atoms with Crippen molar-refractivity contribution in [3.8, 4) is 11.3 Å². The zero-order chi connectivity index (χ0) is 25.2. The molecule has 8 rings (SSSR count). The Kier molecular flexibility index (Phi) is 4.80. The highest BCUT2D eigenvalue weighted by atomic mass is 32.1. The van der Waals surface area contributed by atoms with Gasteiger partial charge in [-0.05, 0) is 68.8 Å². The second-order valence-electron chi connectivity index (χ2n) is 10.4. The van der Waals surface area contributed by atoms with Crippen molar-refractivity contribution in [3.63, 3.8) is 0 Å². The second kappa shape index (κ2) is 8.37. The van der Waals surface area contributed by atoms with Gasteiger partial charge >= 0.3 is 0 Å². The van der Waals surface area contributed by atoms with Gasteiger partial charge in [-0.1, -0.05) is 104 Å². The lowest BCUT2D eigenvalue weighted by molar-refractivity contribution is 0.790. The van der Waals surface area contributed by atoms with Crippen LogP contribution in [0, 0.1) is 0 Å². The van der Waals surface area contributed by atoms with Gasteiger partial charge in [0, 0.05) is 21.0 Å². The van der Waals surface area contributed by atoms with Gasteiger partial charge in [0.2, 0.25) is 0 Å². The fraction of sp³-hybridized carbons (Fsp3) is 0.0833. The third-order valence-corrected chi connectivity index (χ3v) is 9.28. The van der Waals surface area contributed by atoms with Crippen molar-refractivity contribution in [2.75, 3.05) is 0 Å². The van der Waals surface area contributed by atoms with E-state index in [0.717, 1.165) is 17.8 Å². The number of pyridine rings is 1. The third-order valence-electron chi connectivity index (χ3n) is 8.09. The lowest BCUT2D eigenvalue weighted by Crippen LogP contribution is -2.07. The monoisotopic (exact) mass is 503 g/mol. The number of aromatic nitrogens is 1. The van der Waals surface area contributed by atoms with Crippen LogP contribution in [0.3, 0.4) is 0 Å². The Hall–Kier alpha value is -4.27. The molecular formula is C36H25NS.